The van der Waals surface area contributed by atoms with Gasteiger partial charge in [0.25, 0.3) is 5.91 Å². The third kappa shape index (κ3) is 5.88. The lowest BCUT2D eigenvalue weighted by Crippen LogP contribution is -2.24. The highest BCUT2D eigenvalue weighted by Crippen LogP contribution is 2.40. The standard InChI is InChI=1S/C34H29BrN2O2S/c35-26-17-14-24(15-18-26)22-39-30-19-16-25-10-4-5-11-27(25)29(30)21-37-34-32(28-12-6-7-13-31(28)40-34)33(38)36-20-23-8-2-1-3-9-23/h1-5,8-11,14-19,21H,6-7,12-13,20,22H2,(H,36,38). The summed E-state index contributed by atoms with van der Waals surface area (Å²) in [6, 6.07) is 30.5. The van der Waals surface area contributed by atoms with Crippen LogP contribution in [0.3, 0.4) is 0 Å². The molecule has 6 rings (SSSR count). The smallest absolute Gasteiger partial charge is 0.254 e. The highest BCUT2D eigenvalue weighted by molar-refractivity contribution is 9.10. The van der Waals surface area contributed by atoms with Crippen molar-refractivity contribution in [2.24, 2.45) is 4.99 Å². The normalized spacial score (nSPS) is 12.9. The number of carbonyl (C=O) groups excluding carboxylic acids is 1. The zero-order valence-electron chi connectivity index (χ0n) is 22.0. The molecule has 0 spiro atoms. The van der Waals surface area contributed by atoms with Gasteiger partial charge in [0.05, 0.1) is 5.56 Å². The molecule has 0 saturated carbocycles. The number of hydrogen-bond acceptors (Lipinski definition) is 4. The molecule has 0 radical (unpaired) electrons. The summed E-state index contributed by atoms with van der Waals surface area (Å²) in [7, 11) is 0. The maximum atomic E-state index is 13.5. The Morgan fingerprint density at radius 3 is 2.52 bits per heavy atom. The molecule has 0 aliphatic heterocycles. The van der Waals surface area contributed by atoms with Gasteiger partial charge < -0.3 is 10.1 Å². The van der Waals surface area contributed by atoms with Gasteiger partial charge in [-0.2, -0.15) is 0 Å². The first-order valence-corrected chi connectivity index (χ1v) is 15.2. The Hall–Kier alpha value is -3.74. The third-order valence-corrected chi connectivity index (χ3v) is 8.95. The Labute approximate surface area is 246 Å². The lowest BCUT2D eigenvalue weighted by molar-refractivity contribution is 0.0951. The van der Waals surface area contributed by atoms with Crippen molar-refractivity contribution < 1.29 is 9.53 Å². The highest BCUT2D eigenvalue weighted by atomic mass is 79.9. The molecule has 1 N–H and O–H groups in total. The molecule has 0 atom stereocenters. The highest BCUT2D eigenvalue weighted by Gasteiger charge is 2.25. The van der Waals surface area contributed by atoms with E-state index < -0.39 is 0 Å². The van der Waals surface area contributed by atoms with Crippen molar-refractivity contribution in [3.05, 3.63) is 128 Å². The van der Waals surface area contributed by atoms with Gasteiger partial charge in [0, 0.05) is 27.7 Å². The predicted octanol–water partition coefficient (Wildman–Crippen LogP) is 8.80. The van der Waals surface area contributed by atoms with E-state index >= 15 is 0 Å². The average molecular weight is 610 g/mol. The SMILES string of the molecule is O=C(NCc1ccccc1)c1c(N=Cc2c(OCc3ccc(Br)cc3)ccc3ccccc23)sc2c1CCCC2. The van der Waals surface area contributed by atoms with E-state index in [-0.39, 0.29) is 5.91 Å². The van der Waals surface area contributed by atoms with Gasteiger partial charge in [0.1, 0.15) is 17.4 Å². The first-order valence-electron chi connectivity index (χ1n) is 13.6. The largest absolute Gasteiger partial charge is 0.488 e. The van der Waals surface area contributed by atoms with Crippen molar-refractivity contribution in [1.82, 2.24) is 5.32 Å². The molecule has 4 aromatic carbocycles. The van der Waals surface area contributed by atoms with Crippen LogP contribution in [0.25, 0.3) is 10.8 Å². The summed E-state index contributed by atoms with van der Waals surface area (Å²) < 4.78 is 7.36. The van der Waals surface area contributed by atoms with Gasteiger partial charge in [-0.3, -0.25) is 4.79 Å². The molecule has 40 heavy (non-hydrogen) atoms. The third-order valence-electron chi connectivity index (χ3n) is 7.22. The Bertz CT molecular complexity index is 1680. The van der Waals surface area contributed by atoms with Gasteiger partial charge in [-0.05, 0) is 71.3 Å². The number of fused-ring (bicyclic) bond motifs is 2. The van der Waals surface area contributed by atoms with Gasteiger partial charge in [-0.1, -0.05) is 88.7 Å². The number of amides is 1. The number of thiophene rings is 1. The number of nitrogens with one attached hydrogen (secondary N) is 1. The molecule has 4 nitrogen and oxygen atoms in total. The van der Waals surface area contributed by atoms with E-state index in [0.29, 0.717) is 13.2 Å². The number of aryl methyl sites for hydroxylation is 1. The summed E-state index contributed by atoms with van der Waals surface area (Å²) >= 11 is 5.15. The minimum atomic E-state index is -0.0555. The van der Waals surface area contributed by atoms with Crippen molar-refractivity contribution in [2.45, 2.75) is 38.8 Å². The van der Waals surface area contributed by atoms with Gasteiger partial charge >= 0.3 is 0 Å². The van der Waals surface area contributed by atoms with Crippen LogP contribution in [0.5, 0.6) is 5.75 Å². The second-order valence-electron chi connectivity index (χ2n) is 9.93. The number of carbonyl (C=O) groups is 1. The van der Waals surface area contributed by atoms with Crippen LogP contribution in [0, 0.1) is 0 Å². The van der Waals surface area contributed by atoms with Crippen molar-refractivity contribution in [3.63, 3.8) is 0 Å². The van der Waals surface area contributed by atoms with E-state index in [9.17, 15) is 4.79 Å². The van der Waals surface area contributed by atoms with Crippen LogP contribution in [0.15, 0.2) is 100 Å². The van der Waals surface area contributed by atoms with Crippen LogP contribution in [0.4, 0.5) is 5.00 Å². The monoisotopic (exact) mass is 608 g/mol. The van der Waals surface area contributed by atoms with Gasteiger partial charge in [0.15, 0.2) is 0 Å². The summed E-state index contributed by atoms with van der Waals surface area (Å²) in [4.78, 5) is 19.8. The van der Waals surface area contributed by atoms with Gasteiger partial charge in [-0.15, -0.1) is 11.3 Å². The zero-order valence-corrected chi connectivity index (χ0v) is 24.4. The van der Waals surface area contributed by atoms with E-state index in [1.165, 1.54) is 10.4 Å². The molecule has 1 aliphatic carbocycles. The molecule has 0 bridgehead atoms. The summed E-state index contributed by atoms with van der Waals surface area (Å²) in [5, 5.41) is 6.09. The number of ether oxygens (including phenoxy) is 1. The number of benzene rings is 4. The molecule has 5 aromatic rings. The molecular weight excluding hydrogens is 580 g/mol. The first-order chi connectivity index (χ1) is 19.7. The van der Waals surface area contributed by atoms with Gasteiger partial charge in [0.2, 0.25) is 0 Å². The van der Waals surface area contributed by atoms with E-state index in [2.05, 4.69) is 51.6 Å². The number of aliphatic imine (C=N–C) groups is 1. The van der Waals surface area contributed by atoms with E-state index in [1.807, 2.05) is 66.9 Å². The molecule has 0 unspecified atom stereocenters. The van der Waals surface area contributed by atoms with Crippen molar-refractivity contribution in [2.75, 3.05) is 0 Å². The molecule has 0 saturated heterocycles. The quantitative estimate of drug-likeness (QED) is 0.179. The summed E-state index contributed by atoms with van der Waals surface area (Å²) in [6.07, 6.45) is 6.06. The average Bonchev–Trinajstić information content (AvgIpc) is 3.37. The molecule has 1 heterocycles. The van der Waals surface area contributed by atoms with E-state index in [0.717, 1.165) is 73.9 Å². The fourth-order valence-corrected chi connectivity index (χ4v) is 6.64. The second kappa shape index (κ2) is 12.2. The van der Waals surface area contributed by atoms with Crippen LogP contribution in [0.2, 0.25) is 0 Å². The topological polar surface area (TPSA) is 50.7 Å². The predicted molar refractivity (Wildman–Crippen MR) is 168 cm³/mol. The lowest BCUT2D eigenvalue weighted by Gasteiger charge is -2.13. The minimum Gasteiger partial charge on any atom is -0.488 e. The number of hydrogen-bond donors (Lipinski definition) is 1. The first kappa shape index (κ1) is 26.5. The Balaban J connectivity index is 1.34. The van der Waals surface area contributed by atoms with Crippen LogP contribution >= 0.6 is 27.3 Å². The maximum absolute atomic E-state index is 13.5. The fourth-order valence-electron chi connectivity index (χ4n) is 5.14. The van der Waals surface area contributed by atoms with Crippen molar-refractivity contribution in [3.8, 4) is 5.75 Å². The maximum Gasteiger partial charge on any atom is 0.254 e. The Morgan fingerprint density at radius 1 is 0.900 bits per heavy atom. The van der Waals surface area contributed by atoms with Crippen molar-refractivity contribution >= 4 is 55.2 Å². The summed E-state index contributed by atoms with van der Waals surface area (Å²) in [5.41, 5.74) is 4.97. The van der Waals surface area contributed by atoms with Crippen LogP contribution in [-0.2, 0) is 26.0 Å². The Kier molecular flexibility index (Phi) is 8.07. The van der Waals surface area contributed by atoms with Crippen molar-refractivity contribution in [1.29, 1.82) is 0 Å². The molecule has 1 aliphatic rings. The molecule has 1 aromatic heterocycles. The van der Waals surface area contributed by atoms with Crippen LogP contribution in [0.1, 0.15) is 50.3 Å². The number of halogens is 1. The summed E-state index contributed by atoms with van der Waals surface area (Å²) in [6.45, 7) is 0.942. The van der Waals surface area contributed by atoms with Gasteiger partial charge in [-0.25, -0.2) is 4.99 Å². The lowest BCUT2D eigenvalue weighted by atomic mass is 9.95. The summed E-state index contributed by atoms with van der Waals surface area (Å²) in [5.74, 6) is 0.710. The fraction of sp³-hybridized carbons (Fsp3) is 0.176. The number of rotatable bonds is 8. The van der Waals surface area contributed by atoms with Crippen LogP contribution < -0.4 is 10.1 Å². The minimum absolute atomic E-state index is 0.0555. The van der Waals surface area contributed by atoms with Crippen LogP contribution in [-0.4, -0.2) is 12.1 Å². The molecule has 0 fully saturated rings. The van der Waals surface area contributed by atoms with E-state index in [4.69, 9.17) is 9.73 Å². The molecule has 200 valence electrons. The Morgan fingerprint density at radius 2 is 1.68 bits per heavy atom. The molecular formula is C34H29BrN2O2S. The van der Waals surface area contributed by atoms with E-state index in [1.54, 1.807) is 11.3 Å². The molecule has 1 amide bonds. The second-order valence-corrected chi connectivity index (χ2v) is 11.9. The molecule has 6 heteroatoms. The zero-order chi connectivity index (χ0) is 27.3. The number of nitrogens with zero attached hydrogens (tertiary/aromatic N) is 1.